The van der Waals surface area contributed by atoms with Crippen LogP contribution < -0.4 is 4.74 Å². The number of methoxy groups -OCH3 is 1. The van der Waals surface area contributed by atoms with Crippen molar-refractivity contribution in [3.8, 4) is 5.75 Å². The molecular formula is C16H14BrFO2. The zero-order valence-corrected chi connectivity index (χ0v) is 13.0. The summed E-state index contributed by atoms with van der Waals surface area (Å²) in [5.41, 5.74) is 2.63. The van der Waals surface area contributed by atoms with Gasteiger partial charge in [0, 0.05) is 15.6 Å². The van der Waals surface area contributed by atoms with E-state index in [0.29, 0.717) is 16.7 Å². The molecule has 0 saturated carbocycles. The molecule has 2 nitrogen and oxygen atoms in total. The number of ether oxygens (including phenoxy) is 1. The molecule has 0 saturated heterocycles. The predicted molar refractivity (Wildman–Crippen MR) is 80.0 cm³/mol. The summed E-state index contributed by atoms with van der Waals surface area (Å²) in [5, 5.41) is 0. The van der Waals surface area contributed by atoms with E-state index in [2.05, 4.69) is 15.9 Å². The quantitative estimate of drug-likeness (QED) is 0.774. The molecule has 0 aromatic heterocycles. The van der Waals surface area contributed by atoms with Crippen LogP contribution in [0.15, 0.2) is 34.8 Å². The molecule has 0 radical (unpaired) electrons. The molecule has 0 N–H and O–H groups in total. The van der Waals surface area contributed by atoms with Gasteiger partial charge in [0.15, 0.2) is 17.3 Å². The van der Waals surface area contributed by atoms with E-state index < -0.39 is 5.82 Å². The van der Waals surface area contributed by atoms with Gasteiger partial charge in [-0.25, -0.2) is 4.39 Å². The summed E-state index contributed by atoms with van der Waals surface area (Å²) in [7, 11) is 1.38. The van der Waals surface area contributed by atoms with Crippen molar-refractivity contribution in [2.75, 3.05) is 7.11 Å². The molecule has 0 amide bonds. The van der Waals surface area contributed by atoms with Crippen molar-refractivity contribution in [1.29, 1.82) is 0 Å². The van der Waals surface area contributed by atoms with Crippen molar-refractivity contribution < 1.29 is 13.9 Å². The Morgan fingerprint density at radius 3 is 2.45 bits per heavy atom. The Morgan fingerprint density at radius 1 is 1.15 bits per heavy atom. The molecule has 0 aliphatic carbocycles. The molecule has 0 spiro atoms. The van der Waals surface area contributed by atoms with E-state index in [1.165, 1.54) is 19.2 Å². The molecular weight excluding hydrogens is 323 g/mol. The molecule has 0 aliphatic rings. The van der Waals surface area contributed by atoms with Gasteiger partial charge in [-0.1, -0.05) is 22.0 Å². The monoisotopic (exact) mass is 336 g/mol. The zero-order chi connectivity index (χ0) is 14.9. The minimum atomic E-state index is -0.468. The maximum atomic E-state index is 13.6. The lowest BCUT2D eigenvalue weighted by Gasteiger charge is -2.10. The fourth-order valence-corrected chi connectivity index (χ4v) is 2.68. The van der Waals surface area contributed by atoms with Crippen LogP contribution in [0.1, 0.15) is 27.0 Å². The van der Waals surface area contributed by atoms with Gasteiger partial charge in [0.05, 0.1) is 7.11 Å². The highest BCUT2D eigenvalue weighted by molar-refractivity contribution is 9.10. The number of halogens is 2. The Morgan fingerprint density at radius 2 is 1.85 bits per heavy atom. The predicted octanol–water partition coefficient (Wildman–Crippen LogP) is 4.44. The summed E-state index contributed by atoms with van der Waals surface area (Å²) in [5.74, 6) is -0.556. The largest absolute Gasteiger partial charge is 0.494 e. The van der Waals surface area contributed by atoms with E-state index in [1.807, 2.05) is 19.1 Å². The van der Waals surface area contributed by atoms with E-state index in [-0.39, 0.29) is 11.5 Å². The molecule has 2 rings (SSSR count). The number of ketones is 1. The van der Waals surface area contributed by atoms with Crippen LogP contribution in [-0.4, -0.2) is 12.9 Å². The smallest absolute Gasteiger partial charge is 0.194 e. The van der Waals surface area contributed by atoms with E-state index in [9.17, 15) is 9.18 Å². The summed E-state index contributed by atoms with van der Waals surface area (Å²) < 4.78 is 19.2. The van der Waals surface area contributed by atoms with Crippen LogP contribution in [0.3, 0.4) is 0 Å². The topological polar surface area (TPSA) is 26.3 Å². The number of carbonyl (C=O) groups is 1. The number of aryl methyl sites for hydroxylation is 2. The minimum absolute atomic E-state index is 0.0715. The Labute approximate surface area is 125 Å². The first-order valence-electron chi connectivity index (χ1n) is 6.09. The third kappa shape index (κ3) is 2.75. The summed E-state index contributed by atoms with van der Waals surface area (Å²) in [6.45, 7) is 3.66. The second-order valence-corrected chi connectivity index (χ2v) is 5.47. The van der Waals surface area contributed by atoms with Crippen LogP contribution in [0.4, 0.5) is 4.39 Å². The van der Waals surface area contributed by atoms with Gasteiger partial charge in [0.1, 0.15) is 0 Å². The first-order chi connectivity index (χ1) is 9.43. The van der Waals surface area contributed by atoms with Gasteiger partial charge in [0.25, 0.3) is 0 Å². The fraction of sp³-hybridized carbons (Fsp3) is 0.188. The molecule has 0 unspecified atom stereocenters. The van der Waals surface area contributed by atoms with Crippen LogP contribution in [0.5, 0.6) is 5.75 Å². The SMILES string of the molecule is COc1cc(C(=O)c2ccc(C)cc2Br)c(C)cc1F. The van der Waals surface area contributed by atoms with Gasteiger partial charge < -0.3 is 4.74 Å². The number of hydrogen-bond donors (Lipinski definition) is 0. The maximum absolute atomic E-state index is 13.6. The lowest BCUT2D eigenvalue weighted by Crippen LogP contribution is -2.06. The first kappa shape index (κ1) is 14.7. The molecule has 0 atom stereocenters. The maximum Gasteiger partial charge on any atom is 0.194 e. The molecule has 2 aromatic carbocycles. The molecule has 0 bridgehead atoms. The van der Waals surface area contributed by atoms with Crippen LogP contribution in [0, 0.1) is 19.7 Å². The number of hydrogen-bond acceptors (Lipinski definition) is 2. The summed E-state index contributed by atoms with van der Waals surface area (Å²) >= 11 is 3.39. The average molecular weight is 337 g/mol. The number of carbonyl (C=O) groups excluding carboxylic acids is 1. The van der Waals surface area contributed by atoms with Crippen molar-refractivity contribution in [2.45, 2.75) is 13.8 Å². The lowest BCUT2D eigenvalue weighted by atomic mass is 9.98. The Balaban J connectivity index is 2.53. The standard InChI is InChI=1S/C16H14BrFO2/c1-9-4-5-11(13(17)6-9)16(19)12-8-15(20-3)14(18)7-10(12)2/h4-8H,1-3H3. The summed E-state index contributed by atoms with van der Waals surface area (Å²) in [6.07, 6.45) is 0. The lowest BCUT2D eigenvalue weighted by molar-refractivity contribution is 0.103. The van der Waals surface area contributed by atoms with Crippen LogP contribution in [0.2, 0.25) is 0 Å². The van der Waals surface area contributed by atoms with Crippen LogP contribution in [-0.2, 0) is 0 Å². The Bertz CT molecular complexity index is 680. The molecule has 0 aliphatic heterocycles. The van der Waals surface area contributed by atoms with Gasteiger partial charge in [-0.15, -0.1) is 0 Å². The average Bonchev–Trinajstić information content (AvgIpc) is 2.38. The van der Waals surface area contributed by atoms with Gasteiger partial charge in [-0.3, -0.25) is 4.79 Å². The van der Waals surface area contributed by atoms with Crippen molar-refractivity contribution in [3.63, 3.8) is 0 Å². The molecule has 0 fully saturated rings. The molecule has 2 aromatic rings. The van der Waals surface area contributed by atoms with Gasteiger partial charge in [-0.2, -0.15) is 0 Å². The normalized spacial score (nSPS) is 10.4. The minimum Gasteiger partial charge on any atom is -0.494 e. The second-order valence-electron chi connectivity index (χ2n) is 4.61. The van der Waals surface area contributed by atoms with Crippen LogP contribution >= 0.6 is 15.9 Å². The molecule has 4 heteroatoms. The van der Waals surface area contributed by atoms with E-state index in [0.717, 1.165) is 10.0 Å². The van der Waals surface area contributed by atoms with Crippen molar-refractivity contribution in [1.82, 2.24) is 0 Å². The molecule has 20 heavy (non-hydrogen) atoms. The molecule has 104 valence electrons. The summed E-state index contributed by atoms with van der Waals surface area (Å²) in [6, 6.07) is 8.27. The molecule has 0 heterocycles. The first-order valence-corrected chi connectivity index (χ1v) is 6.88. The van der Waals surface area contributed by atoms with E-state index in [4.69, 9.17) is 4.74 Å². The van der Waals surface area contributed by atoms with E-state index >= 15 is 0 Å². The Hall–Kier alpha value is -1.68. The highest BCUT2D eigenvalue weighted by Gasteiger charge is 2.17. The van der Waals surface area contributed by atoms with Crippen molar-refractivity contribution >= 4 is 21.7 Å². The third-order valence-corrected chi connectivity index (χ3v) is 3.77. The van der Waals surface area contributed by atoms with E-state index in [1.54, 1.807) is 13.0 Å². The highest BCUT2D eigenvalue weighted by Crippen LogP contribution is 2.27. The third-order valence-electron chi connectivity index (χ3n) is 3.11. The number of rotatable bonds is 3. The zero-order valence-electron chi connectivity index (χ0n) is 11.5. The van der Waals surface area contributed by atoms with Gasteiger partial charge in [-0.05, 0) is 49.2 Å². The van der Waals surface area contributed by atoms with Crippen molar-refractivity contribution in [2.24, 2.45) is 0 Å². The van der Waals surface area contributed by atoms with Crippen LogP contribution in [0.25, 0.3) is 0 Å². The Kier molecular flexibility index (Phi) is 4.23. The van der Waals surface area contributed by atoms with Crippen molar-refractivity contribution in [3.05, 3.63) is 62.9 Å². The van der Waals surface area contributed by atoms with Gasteiger partial charge >= 0.3 is 0 Å². The summed E-state index contributed by atoms with van der Waals surface area (Å²) in [4.78, 5) is 12.6. The number of benzene rings is 2. The van der Waals surface area contributed by atoms with Gasteiger partial charge in [0.2, 0.25) is 0 Å². The second kappa shape index (κ2) is 5.75. The highest BCUT2D eigenvalue weighted by atomic mass is 79.9. The fourth-order valence-electron chi connectivity index (χ4n) is 2.00.